The van der Waals surface area contributed by atoms with Crippen LogP contribution in [0.5, 0.6) is 0 Å². The Morgan fingerprint density at radius 3 is 1.52 bits per heavy atom. The van der Waals surface area contributed by atoms with Crippen molar-refractivity contribution in [1.82, 2.24) is 9.97 Å². The highest BCUT2D eigenvalue weighted by atomic mass is 16.1. The maximum Gasteiger partial charge on any atom is 0.248 e. The number of rotatable bonds is 2. The van der Waals surface area contributed by atoms with Gasteiger partial charge in [-0.2, -0.15) is 0 Å². The van der Waals surface area contributed by atoms with E-state index in [4.69, 9.17) is 5.73 Å². The first-order valence-corrected chi connectivity index (χ1v) is 6.44. The molecule has 0 aliphatic rings. The van der Waals surface area contributed by atoms with Crippen LogP contribution in [0.4, 0.5) is 0 Å². The standard InChI is InChI=1S/C10H8N2.C7H7NO/c1-3-7-11-9(5-1)10-6-2-4-8-12-10;8-7(9)6-4-2-1-3-5-6/h1-8H;1-5H,(H2,8,9). The smallest absolute Gasteiger partial charge is 0.248 e. The highest BCUT2D eigenvalue weighted by Crippen LogP contribution is 2.10. The zero-order chi connectivity index (χ0) is 14.9. The first-order valence-electron chi connectivity index (χ1n) is 6.44. The molecule has 1 amide bonds. The van der Waals surface area contributed by atoms with Crippen LogP contribution in [0.25, 0.3) is 11.4 Å². The van der Waals surface area contributed by atoms with Crippen molar-refractivity contribution in [2.45, 2.75) is 0 Å². The summed E-state index contributed by atoms with van der Waals surface area (Å²) in [5.74, 6) is -0.379. The molecule has 2 N–H and O–H groups in total. The molecule has 0 radical (unpaired) electrons. The van der Waals surface area contributed by atoms with Crippen LogP contribution in [0.15, 0.2) is 79.1 Å². The average molecular weight is 277 g/mol. The molecule has 3 aromatic rings. The van der Waals surface area contributed by atoms with Gasteiger partial charge in [0.25, 0.3) is 0 Å². The molecule has 0 unspecified atom stereocenters. The minimum atomic E-state index is -0.379. The van der Waals surface area contributed by atoms with E-state index in [0.717, 1.165) is 11.4 Å². The molecule has 0 saturated carbocycles. The number of amides is 1. The van der Waals surface area contributed by atoms with E-state index in [1.807, 2.05) is 42.5 Å². The average Bonchev–Trinajstić information content (AvgIpc) is 2.58. The number of aromatic nitrogens is 2. The first kappa shape index (κ1) is 14.4. The molecule has 3 rings (SSSR count). The summed E-state index contributed by atoms with van der Waals surface area (Å²) in [6.07, 6.45) is 3.54. The van der Waals surface area contributed by atoms with E-state index in [1.54, 1.807) is 36.7 Å². The van der Waals surface area contributed by atoms with Gasteiger partial charge in [-0.25, -0.2) is 0 Å². The fourth-order valence-electron chi connectivity index (χ4n) is 1.63. The van der Waals surface area contributed by atoms with Crippen LogP contribution >= 0.6 is 0 Å². The molecule has 0 bridgehead atoms. The van der Waals surface area contributed by atoms with Crippen LogP contribution in [0, 0.1) is 0 Å². The number of primary amides is 1. The number of nitrogens with two attached hydrogens (primary N) is 1. The topological polar surface area (TPSA) is 68.9 Å². The Morgan fingerprint density at radius 2 is 1.19 bits per heavy atom. The zero-order valence-corrected chi connectivity index (χ0v) is 11.4. The van der Waals surface area contributed by atoms with E-state index in [-0.39, 0.29) is 5.91 Å². The number of pyridine rings is 2. The van der Waals surface area contributed by atoms with E-state index >= 15 is 0 Å². The fourth-order valence-corrected chi connectivity index (χ4v) is 1.63. The summed E-state index contributed by atoms with van der Waals surface area (Å²) >= 11 is 0. The monoisotopic (exact) mass is 277 g/mol. The van der Waals surface area contributed by atoms with Gasteiger partial charge in [0.05, 0.1) is 11.4 Å². The zero-order valence-electron chi connectivity index (χ0n) is 11.4. The molecule has 2 aromatic heterocycles. The molecule has 0 spiro atoms. The summed E-state index contributed by atoms with van der Waals surface area (Å²) in [5, 5.41) is 0. The molecule has 0 atom stereocenters. The summed E-state index contributed by atoms with van der Waals surface area (Å²) < 4.78 is 0. The molecule has 0 saturated heterocycles. The highest BCUT2D eigenvalue weighted by molar-refractivity contribution is 5.92. The summed E-state index contributed by atoms with van der Waals surface area (Å²) in [4.78, 5) is 18.8. The fraction of sp³-hybridized carbons (Fsp3) is 0. The molecular weight excluding hydrogens is 262 g/mol. The first-order chi connectivity index (χ1) is 10.3. The van der Waals surface area contributed by atoms with Crippen LogP contribution in [0.3, 0.4) is 0 Å². The number of carbonyl (C=O) groups excluding carboxylic acids is 1. The Balaban J connectivity index is 0.000000161. The molecule has 21 heavy (non-hydrogen) atoms. The van der Waals surface area contributed by atoms with Gasteiger partial charge in [-0.1, -0.05) is 30.3 Å². The van der Waals surface area contributed by atoms with Gasteiger partial charge < -0.3 is 5.73 Å². The number of carbonyl (C=O) groups is 1. The molecule has 0 fully saturated rings. The molecule has 2 heterocycles. The summed E-state index contributed by atoms with van der Waals surface area (Å²) in [6.45, 7) is 0. The SMILES string of the molecule is NC(=O)c1ccccc1.c1ccc(-c2ccccn2)nc1. The molecule has 104 valence electrons. The third-order valence-corrected chi connectivity index (χ3v) is 2.65. The van der Waals surface area contributed by atoms with Crippen LogP contribution in [-0.4, -0.2) is 15.9 Å². The second-order valence-electron chi connectivity index (χ2n) is 4.16. The van der Waals surface area contributed by atoms with Crippen molar-refractivity contribution in [3.05, 3.63) is 84.7 Å². The Hall–Kier alpha value is -3.01. The predicted molar refractivity (Wildman–Crippen MR) is 82.4 cm³/mol. The predicted octanol–water partition coefficient (Wildman–Crippen LogP) is 2.93. The van der Waals surface area contributed by atoms with Crippen molar-refractivity contribution >= 4 is 5.91 Å². The Bertz CT molecular complexity index is 633. The van der Waals surface area contributed by atoms with Gasteiger partial charge in [-0.15, -0.1) is 0 Å². The van der Waals surface area contributed by atoms with Gasteiger partial charge in [0.15, 0.2) is 0 Å². The quantitative estimate of drug-likeness (QED) is 0.783. The van der Waals surface area contributed by atoms with Crippen molar-refractivity contribution in [3.63, 3.8) is 0 Å². The van der Waals surface area contributed by atoms with Gasteiger partial charge in [0, 0.05) is 18.0 Å². The largest absolute Gasteiger partial charge is 0.366 e. The molecule has 1 aromatic carbocycles. The minimum Gasteiger partial charge on any atom is -0.366 e. The lowest BCUT2D eigenvalue weighted by Gasteiger charge is -1.96. The van der Waals surface area contributed by atoms with E-state index in [9.17, 15) is 4.79 Å². The second kappa shape index (κ2) is 7.55. The van der Waals surface area contributed by atoms with Crippen molar-refractivity contribution in [2.75, 3.05) is 0 Å². The Kier molecular flexibility index (Phi) is 5.18. The van der Waals surface area contributed by atoms with Gasteiger partial charge in [0.2, 0.25) is 5.91 Å². The van der Waals surface area contributed by atoms with E-state index in [2.05, 4.69) is 9.97 Å². The van der Waals surface area contributed by atoms with Crippen LogP contribution < -0.4 is 5.73 Å². The van der Waals surface area contributed by atoms with Gasteiger partial charge in [-0.05, 0) is 36.4 Å². The van der Waals surface area contributed by atoms with Crippen molar-refractivity contribution < 1.29 is 4.79 Å². The van der Waals surface area contributed by atoms with Crippen LogP contribution in [0.2, 0.25) is 0 Å². The van der Waals surface area contributed by atoms with E-state index in [0.29, 0.717) is 5.56 Å². The van der Waals surface area contributed by atoms with Gasteiger partial charge >= 0.3 is 0 Å². The maximum absolute atomic E-state index is 10.4. The molecule has 4 heteroatoms. The molecule has 4 nitrogen and oxygen atoms in total. The lowest BCUT2D eigenvalue weighted by Crippen LogP contribution is -2.09. The van der Waals surface area contributed by atoms with E-state index in [1.165, 1.54) is 0 Å². The van der Waals surface area contributed by atoms with Crippen LogP contribution in [0.1, 0.15) is 10.4 Å². The third kappa shape index (κ3) is 4.54. The van der Waals surface area contributed by atoms with E-state index < -0.39 is 0 Å². The van der Waals surface area contributed by atoms with Crippen molar-refractivity contribution in [2.24, 2.45) is 5.73 Å². The third-order valence-electron chi connectivity index (χ3n) is 2.65. The summed E-state index contributed by atoms with van der Waals surface area (Å²) in [7, 11) is 0. The number of nitrogens with zero attached hydrogens (tertiary/aromatic N) is 2. The maximum atomic E-state index is 10.4. The normalized spacial score (nSPS) is 9.33. The van der Waals surface area contributed by atoms with Crippen molar-refractivity contribution in [3.8, 4) is 11.4 Å². The minimum absolute atomic E-state index is 0.379. The second-order valence-corrected chi connectivity index (χ2v) is 4.16. The molecule has 0 aliphatic carbocycles. The van der Waals surface area contributed by atoms with Gasteiger partial charge in [-0.3, -0.25) is 14.8 Å². The molecule has 0 aliphatic heterocycles. The van der Waals surface area contributed by atoms with Crippen LogP contribution in [-0.2, 0) is 0 Å². The number of hydrogen-bond donors (Lipinski definition) is 1. The highest BCUT2D eigenvalue weighted by Gasteiger charge is 1.95. The Labute approximate surface area is 123 Å². The van der Waals surface area contributed by atoms with Gasteiger partial charge in [0.1, 0.15) is 0 Å². The lowest BCUT2D eigenvalue weighted by molar-refractivity contribution is 0.100. The number of benzene rings is 1. The lowest BCUT2D eigenvalue weighted by atomic mass is 10.2. The summed E-state index contributed by atoms with van der Waals surface area (Å²) in [6, 6.07) is 20.4. The van der Waals surface area contributed by atoms with Crippen molar-refractivity contribution in [1.29, 1.82) is 0 Å². The Morgan fingerprint density at radius 1 is 0.714 bits per heavy atom. The summed E-state index contributed by atoms with van der Waals surface area (Å²) in [5.41, 5.74) is 7.36. The number of hydrogen-bond acceptors (Lipinski definition) is 3. The molecular formula is C17H15N3O.